The van der Waals surface area contributed by atoms with E-state index < -0.39 is 0 Å². The molecule has 1 heterocycles. The highest BCUT2D eigenvalue weighted by atomic mass is 32.2. The number of benzene rings is 1. The molecule has 0 saturated carbocycles. The van der Waals surface area contributed by atoms with E-state index in [0.29, 0.717) is 22.5 Å². The fourth-order valence-corrected chi connectivity index (χ4v) is 3.26. The Morgan fingerprint density at radius 1 is 1.22 bits per heavy atom. The maximum atomic E-state index is 12.3. The van der Waals surface area contributed by atoms with E-state index in [1.807, 2.05) is 28.8 Å². The van der Waals surface area contributed by atoms with Crippen LogP contribution in [-0.4, -0.2) is 56.7 Å². The van der Waals surface area contributed by atoms with Gasteiger partial charge in [0.1, 0.15) is 0 Å². The molecule has 1 aliphatic heterocycles. The molecule has 0 aromatic heterocycles. The highest BCUT2D eigenvalue weighted by Crippen LogP contribution is 2.38. The lowest BCUT2D eigenvalue weighted by atomic mass is 10.1. The summed E-state index contributed by atoms with van der Waals surface area (Å²) >= 11 is 1.82. The minimum Gasteiger partial charge on any atom is -0.493 e. The molecule has 1 amide bonds. The summed E-state index contributed by atoms with van der Waals surface area (Å²) in [7, 11) is 4.71. The highest BCUT2D eigenvalue weighted by Gasteiger charge is 2.24. The summed E-state index contributed by atoms with van der Waals surface area (Å²) in [6.45, 7) is 1.64. The van der Waals surface area contributed by atoms with Crippen molar-refractivity contribution in [3.05, 3.63) is 23.8 Å². The Morgan fingerprint density at radius 3 is 2.35 bits per heavy atom. The molecule has 1 atom stereocenters. The second-order valence-corrected chi connectivity index (χ2v) is 6.36. The smallest absolute Gasteiger partial charge is 0.246 e. The van der Waals surface area contributed by atoms with E-state index in [-0.39, 0.29) is 5.91 Å². The van der Waals surface area contributed by atoms with Crippen molar-refractivity contribution >= 4 is 23.7 Å². The molecule has 0 spiro atoms. The normalized spacial score (nSPS) is 17.6. The highest BCUT2D eigenvalue weighted by molar-refractivity contribution is 7.99. The molecule has 0 aliphatic carbocycles. The molecule has 0 bridgehead atoms. The standard InChI is InChI=1S/C17H23NO4S/c1-20-14-9-12(10-15(21-2)17(14)22-3)5-6-16(19)18-8-7-13(11-18)23-4/h5-6,9-10,13H,7-8,11H2,1-4H3. The van der Waals surface area contributed by atoms with E-state index in [9.17, 15) is 4.79 Å². The van der Waals surface area contributed by atoms with Crippen LogP contribution in [0.3, 0.4) is 0 Å². The largest absolute Gasteiger partial charge is 0.493 e. The minimum absolute atomic E-state index is 0.0373. The maximum absolute atomic E-state index is 12.3. The number of likely N-dealkylation sites (tertiary alicyclic amines) is 1. The lowest BCUT2D eigenvalue weighted by molar-refractivity contribution is -0.124. The monoisotopic (exact) mass is 337 g/mol. The van der Waals surface area contributed by atoms with Gasteiger partial charge in [-0.1, -0.05) is 0 Å². The second kappa shape index (κ2) is 8.15. The van der Waals surface area contributed by atoms with Gasteiger partial charge in [0.25, 0.3) is 0 Å². The molecule has 1 aliphatic rings. The van der Waals surface area contributed by atoms with Crippen LogP contribution in [0.5, 0.6) is 17.2 Å². The first kappa shape index (κ1) is 17.5. The summed E-state index contributed by atoms with van der Waals surface area (Å²) in [6, 6.07) is 3.64. The first-order valence-corrected chi connectivity index (χ1v) is 8.71. The van der Waals surface area contributed by atoms with Gasteiger partial charge in [0.2, 0.25) is 11.7 Å². The number of methoxy groups -OCH3 is 3. The summed E-state index contributed by atoms with van der Waals surface area (Å²) in [5.74, 6) is 1.72. The first-order valence-electron chi connectivity index (χ1n) is 7.42. The maximum Gasteiger partial charge on any atom is 0.246 e. The van der Waals surface area contributed by atoms with Gasteiger partial charge in [-0.25, -0.2) is 0 Å². The van der Waals surface area contributed by atoms with E-state index in [1.165, 1.54) is 0 Å². The molecule has 0 N–H and O–H groups in total. The summed E-state index contributed by atoms with van der Waals surface area (Å²) in [5.41, 5.74) is 0.827. The Kier molecular flexibility index (Phi) is 6.21. The molecule has 6 heteroatoms. The van der Waals surface area contributed by atoms with Gasteiger partial charge in [-0.15, -0.1) is 0 Å². The molecular formula is C17H23NO4S. The lowest BCUT2D eigenvalue weighted by Gasteiger charge is -2.14. The molecule has 1 saturated heterocycles. The molecule has 1 unspecified atom stereocenters. The van der Waals surface area contributed by atoms with Crippen LogP contribution in [0.4, 0.5) is 0 Å². The van der Waals surface area contributed by atoms with Crippen molar-refractivity contribution in [2.45, 2.75) is 11.7 Å². The number of thioether (sulfide) groups is 1. The van der Waals surface area contributed by atoms with Crippen molar-refractivity contribution < 1.29 is 19.0 Å². The molecule has 23 heavy (non-hydrogen) atoms. The summed E-state index contributed by atoms with van der Waals surface area (Å²) < 4.78 is 15.9. The number of hydrogen-bond acceptors (Lipinski definition) is 5. The molecular weight excluding hydrogens is 314 g/mol. The van der Waals surface area contributed by atoms with E-state index in [0.717, 1.165) is 25.1 Å². The van der Waals surface area contributed by atoms with Crippen molar-refractivity contribution in [2.75, 3.05) is 40.7 Å². The predicted molar refractivity (Wildman–Crippen MR) is 93.6 cm³/mol. The van der Waals surface area contributed by atoms with Crippen molar-refractivity contribution in [3.63, 3.8) is 0 Å². The number of hydrogen-bond donors (Lipinski definition) is 0. The molecule has 126 valence electrons. The zero-order valence-electron chi connectivity index (χ0n) is 14.0. The van der Waals surface area contributed by atoms with Gasteiger partial charge in [-0.3, -0.25) is 4.79 Å². The van der Waals surface area contributed by atoms with Crippen molar-refractivity contribution in [2.24, 2.45) is 0 Å². The third kappa shape index (κ3) is 4.13. The molecule has 0 radical (unpaired) electrons. The number of carbonyl (C=O) groups excluding carboxylic acids is 1. The molecule has 1 aromatic rings. The van der Waals surface area contributed by atoms with Crippen LogP contribution in [0, 0.1) is 0 Å². The number of ether oxygens (including phenoxy) is 3. The third-order valence-corrected chi connectivity index (χ3v) is 4.95. The van der Waals surface area contributed by atoms with E-state index in [1.54, 1.807) is 33.5 Å². The van der Waals surface area contributed by atoms with E-state index >= 15 is 0 Å². The zero-order chi connectivity index (χ0) is 16.8. The average molecular weight is 337 g/mol. The van der Waals surface area contributed by atoms with Gasteiger partial charge in [0, 0.05) is 24.4 Å². The number of rotatable bonds is 6. The van der Waals surface area contributed by atoms with Crippen LogP contribution in [0.15, 0.2) is 18.2 Å². The first-order chi connectivity index (χ1) is 11.1. The van der Waals surface area contributed by atoms with Crippen LogP contribution >= 0.6 is 11.8 Å². The topological polar surface area (TPSA) is 48.0 Å². The zero-order valence-corrected chi connectivity index (χ0v) is 14.8. The predicted octanol–water partition coefficient (Wildman–Crippen LogP) is 2.69. The van der Waals surface area contributed by atoms with Crippen LogP contribution in [0.25, 0.3) is 6.08 Å². The Labute approximate surface area is 141 Å². The lowest BCUT2D eigenvalue weighted by Crippen LogP contribution is -2.27. The van der Waals surface area contributed by atoms with E-state index in [4.69, 9.17) is 14.2 Å². The van der Waals surface area contributed by atoms with Crippen molar-refractivity contribution in [1.29, 1.82) is 0 Å². The Balaban J connectivity index is 2.14. The van der Waals surface area contributed by atoms with E-state index in [2.05, 4.69) is 6.26 Å². The Hall–Kier alpha value is -1.82. The number of nitrogens with zero attached hydrogens (tertiary/aromatic N) is 1. The summed E-state index contributed by atoms with van der Waals surface area (Å²) in [5, 5.41) is 0.550. The van der Waals surface area contributed by atoms with Crippen molar-refractivity contribution in [1.82, 2.24) is 4.90 Å². The van der Waals surface area contributed by atoms with Gasteiger partial charge < -0.3 is 19.1 Å². The van der Waals surface area contributed by atoms with Gasteiger partial charge >= 0.3 is 0 Å². The molecule has 5 nitrogen and oxygen atoms in total. The quantitative estimate of drug-likeness (QED) is 0.747. The van der Waals surface area contributed by atoms with Crippen molar-refractivity contribution in [3.8, 4) is 17.2 Å². The van der Waals surface area contributed by atoms with Gasteiger partial charge in [-0.05, 0) is 36.4 Å². The summed E-state index contributed by atoms with van der Waals surface area (Å²) in [6.07, 6.45) is 6.53. The third-order valence-electron chi connectivity index (χ3n) is 3.90. The number of carbonyl (C=O) groups is 1. The Morgan fingerprint density at radius 2 is 1.87 bits per heavy atom. The minimum atomic E-state index is 0.0373. The van der Waals surface area contributed by atoms with Crippen LogP contribution in [0.1, 0.15) is 12.0 Å². The fraction of sp³-hybridized carbons (Fsp3) is 0.471. The SMILES string of the molecule is COc1cc(C=CC(=O)N2CCC(SC)C2)cc(OC)c1OC. The fourth-order valence-electron chi connectivity index (χ4n) is 2.59. The van der Waals surface area contributed by atoms with Crippen LogP contribution < -0.4 is 14.2 Å². The van der Waals surface area contributed by atoms with Gasteiger partial charge in [0.05, 0.1) is 21.3 Å². The second-order valence-electron chi connectivity index (χ2n) is 5.22. The van der Waals surface area contributed by atoms with Gasteiger partial charge in [-0.2, -0.15) is 11.8 Å². The van der Waals surface area contributed by atoms with Crippen LogP contribution in [0.2, 0.25) is 0 Å². The summed E-state index contributed by atoms with van der Waals surface area (Å²) in [4.78, 5) is 14.1. The molecule has 1 aromatic carbocycles. The molecule has 2 rings (SSSR count). The number of amides is 1. The van der Waals surface area contributed by atoms with Gasteiger partial charge in [0.15, 0.2) is 11.5 Å². The van der Waals surface area contributed by atoms with Crippen LogP contribution in [-0.2, 0) is 4.79 Å². The average Bonchev–Trinajstić information content (AvgIpc) is 3.07. The Bertz CT molecular complexity index is 563. The molecule has 1 fully saturated rings.